The van der Waals surface area contributed by atoms with Gasteiger partial charge in [0, 0.05) is 0 Å². The predicted octanol–water partition coefficient (Wildman–Crippen LogP) is 6.17. The van der Waals surface area contributed by atoms with Crippen molar-refractivity contribution >= 4 is 8.32 Å². The van der Waals surface area contributed by atoms with Gasteiger partial charge < -0.3 is 24.1 Å². The fourth-order valence-electron chi connectivity index (χ4n) is 4.01. The summed E-state index contributed by atoms with van der Waals surface area (Å²) in [7, 11) is -2.01. The molecule has 2 N–H and O–H groups in total. The lowest BCUT2D eigenvalue weighted by molar-refractivity contribution is -0.156. The SMILES string of the molecule is C[C@H](O)CCCCCCCCCC[C@H]1OC(C)(C)O[C@@H]1[C@@H](CO)O[Si](C)(C)C(C)(C)C. The minimum absolute atomic E-state index is 0.0302. The Balaban J connectivity index is 2.42. The van der Waals surface area contributed by atoms with Crippen LogP contribution in [0.15, 0.2) is 0 Å². The molecule has 0 aromatic carbocycles. The van der Waals surface area contributed by atoms with E-state index in [9.17, 15) is 10.2 Å². The molecule has 0 aromatic rings. The number of rotatable bonds is 15. The topological polar surface area (TPSA) is 68.2 Å². The maximum Gasteiger partial charge on any atom is 0.192 e. The van der Waals surface area contributed by atoms with Crippen LogP contribution < -0.4 is 0 Å². The highest BCUT2D eigenvalue weighted by Crippen LogP contribution is 2.40. The van der Waals surface area contributed by atoms with Crippen molar-refractivity contribution in [2.45, 2.75) is 154 Å². The molecule has 1 aliphatic rings. The van der Waals surface area contributed by atoms with Crippen LogP contribution in [0.4, 0.5) is 0 Å². The second-order valence-corrected chi connectivity index (χ2v) is 16.2. The van der Waals surface area contributed by atoms with E-state index in [4.69, 9.17) is 13.9 Å². The molecule has 1 saturated heterocycles. The molecular weight excluding hydrogens is 408 g/mol. The van der Waals surface area contributed by atoms with Gasteiger partial charge in [-0.3, -0.25) is 0 Å². The standard InChI is InChI=1S/C25H52O5Si/c1-20(27)17-15-13-11-9-10-12-14-16-18-21-23(29-25(5,6)28-21)22(19-26)30-31(7,8)24(2,3)4/h20-23,26-27H,9-19H2,1-8H3/t20-,21+,22+,23-/m0/s1. The van der Waals surface area contributed by atoms with Gasteiger partial charge in [-0.05, 0) is 51.7 Å². The van der Waals surface area contributed by atoms with Crippen molar-refractivity contribution in [2.75, 3.05) is 6.61 Å². The summed E-state index contributed by atoms with van der Waals surface area (Å²) in [4.78, 5) is 0. The second kappa shape index (κ2) is 13.0. The van der Waals surface area contributed by atoms with Crippen molar-refractivity contribution in [3.05, 3.63) is 0 Å². The van der Waals surface area contributed by atoms with E-state index >= 15 is 0 Å². The van der Waals surface area contributed by atoms with Gasteiger partial charge in [0.25, 0.3) is 0 Å². The van der Waals surface area contributed by atoms with Gasteiger partial charge in [-0.15, -0.1) is 0 Å². The minimum atomic E-state index is -2.01. The van der Waals surface area contributed by atoms with E-state index in [1.165, 1.54) is 38.5 Å². The highest BCUT2D eigenvalue weighted by atomic mass is 28.4. The lowest BCUT2D eigenvalue weighted by Crippen LogP contribution is -2.50. The van der Waals surface area contributed by atoms with E-state index in [-0.39, 0.29) is 36.1 Å². The summed E-state index contributed by atoms with van der Waals surface area (Å²) in [5.41, 5.74) is 0. The van der Waals surface area contributed by atoms with Gasteiger partial charge in [-0.1, -0.05) is 72.1 Å². The Bertz CT molecular complexity index is 487. The second-order valence-electron chi connectivity index (χ2n) is 11.5. The van der Waals surface area contributed by atoms with Crippen molar-refractivity contribution in [1.82, 2.24) is 0 Å². The van der Waals surface area contributed by atoms with Gasteiger partial charge in [0.05, 0.1) is 24.9 Å². The smallest absolute Gasteiger partial charge is 0.192 e. The van der Waals surface area contributed by atoms with Crippen LogP contribution in [-0.4, -0.2) is 55.3 Å². The Kier molecular flexibility index (Phi) is 12.2. The molecule has 0 saturated carbocycles. The van der Waals surface area contributed by atoms with Crippen LogP contribution in [0, 0.1) is 0 Å². The summed E-state index contributed by atoms with van der Waals surface area (Å²) in [5, 5.41) is 19.5. The van der Waals surface area contributed by atoms with Gasteiger partial charge in [0.2, 0.25) is 0 Å². The van der Waals surface area contributed by atoms with Crippen molar-refractivity contribution in [1.29, 1.82) is 0 Å². The quantitative estimate of drug-likeness (QED) is 0.226. The van der Waals surface area contributed by atoms with Crippen LogP contribution >= 0.6 is 0 Å². The lowest BCUT2D eigenvalue weighted by Gasteiger charge is -2.40. The van der Waals surface area contributed by atoms with E-state index in [2.05, 4.69) is 33.9 Å². The Morgan fingerprint density at radius 1 is 0.935 bits per heavy atom. The fraction of sp³-hybridized carbons (Fsp3) is 1.00. The van der Waals surface area contributed by atoms with Crippen LogP contribution in [-0.2, 0) is 13.9 Å². The zero-order valence-corrected chi connectivity index (χ0v) is 22.7. The maximum atomic E-state index is 10.1. The minimum Gasteiger partial charge on any atom is -0.409 e. The van der Waals surface area contributed by atoms with Crippen LogP contribution in [0.3, 0.4) is 0 Å². The molecule has 1 rings (SSSR count). The summed E-state index contributed by atoms with van der Waals surface area (Å²) in [6, 6.07) is 0. The molecule has 1 heterocycles. The van der Waals surface area contributed by atoms with Crippen LogP contribution in [0.5, 0.6) is 0 Å². The molecule has 0 radical (unpaired) electrons. The molecular formula is C25H52O5Si. The summed E-state index contributed by atoms with van der Waals surface area (Å²) >= 11 is 0. The molecule has 0 amide bonds. The Morgan fingerprint density at radius 2 is 1.45 bits per heavy atom. The summed E-state index contributed by atoms with van der Waals surface area (Å²) < 4.78 is 19.0. The van der Waals surface area contributed by atoms with Gasteiger partial charge in [-0.2, -0.15) is 0 Å². The molecule has 31 heavy (non-hydrogen) atoms. The monoisotopic (exact) mass is 460 g/mol. The average Bonchev–Trinajstić information content (AvgIpc) is 2.94. The summed E-state index contributed by atoms with van der Waals surface area (Å²) in [5.74, 6) is -0.633. The fourth-order valence-corrected chi connectivity index (χ4v) is 5.33. The van der Waals surface area contributed by atoms with Crippen molar-refractivity contribution < 1.29 is 24.1 Å². The number of aliphatic hydroxyl groups is 2. The van der Waals surface area contributed by atoms with Crippen LogP contribution in [0.25, 0.3) is 0 Å². The molecule has 6 heteroatoms. The van der Waals surface area contributed by atoms with Gasteiger partial charge in [0.1, 0.15) is 6.10 Å². The molecule has 1 aliphatic heterocycles. The van der Waals surface area contributed by atoms with Crippen molar-refractivity contribution in [2.24, 2.45) is 0 Å². The largest absolute Gasteiger partial charge is 0.409 e. The Morgan fingerprint density at radius 3 is 1.94 bits per heavy atom. The molecule has 0 aromatic heterocycles. The third-order valence-electron chi connectivity index (χ3n) is 6.88. The first-order valence-electron chi connectivity index (χ1n) is 12.6. The lowest BCUT2D eigenvalue weighted by atomic mass is 10.0. The molecule has 186 valence electrons. The Hall–Kier alpha value is 0.0169. The van der Waals surface area contributed by atoms with Crippen molar-refractivity contribution in [3.63, 3.8) is 0 Å². The molecule has 0 spiro atoms. The van der Waals surface area contributed by atoms with Crippen LogP contribution in [0.1, 0.15) is 106 Å². The molecule has 0 aliphatic carbocycles. The number of hydrogen-bond acceptors (Lipinski definition) is 5. The normalized spacial score (nSPS) is 23.8. The van der Waals surface area contributed by atoms with Crippen molar-refractivity contribution in [3.8, 4) is 0 Å². The first-order valence-corrected chi connectivity index (χ1v) is 15.5. The van der Waals surface area contributed by atoms with Crippen LogP contribution in [0.2, 0.25) is 18.1 Å². The number of ether oxygens (including phenoxy) is 2. The zero-order valence-electron chi connectivity index (χ0n) is 21.7. The first-order chi connectivity index (χ1) is 14.3. The van der Waals surface area contributed by atoms with E-state index < -0.39 is 14.1 Å². The molecule has 0 bridgehead atoms. The maximum absolute atomic E-state index is 10.1. The Labute approximate surface area is 193 Å². The van der Waals surface area contributed by atoms with E-state index in [0.717, 1.165) is 25.7 Å². The summed E-state index contributed by atoms with van der Waals surface area (Å²) in [6.45, 7) is 16.8. The average molecular weight is 461 g/mol. The third-order valence-corrected chi connectivity index (χ3v) is 11.4. The number of aliphatic hydroxyl groups excluding tert-OH is 2. The van der Waals surface area contributed by atoms with E-state index in [0.29, 0.717) is 0 Å². The van der Waals surface area contributed by atoms with Gasteiger partial charge >= 0.3 is 0 Å². The molecule has 4 atom stereocenters. The molecule has 5 nitrogen and oxygen atoms in total. The predicted molar refractivity (Wildman–Crippen MR) is 131 cm³/mol. The zero-order chi connectivity index (χ0) is 23.7. The van der Waals surface area contributed by atoms with Gasteiger partial charge in [-0.25, -0.2) is 0 Å². The van der Waals surface area contributed by atoms with E-state index in [1.807, 2.05) is 20.8 Å². The first kappa shape index (κ1) is 29.0. The summed E-state index contributed by atoms with van der Waals surface area (Å²) in [6.07, 6.45) is 10.9. The third kappa shape index (κ3) is 10.7. The highest BCUT2D eigenvalue weighted by molar-refractivity contribution is 6.74. The van der Waals surface area contributed by atoms with E-state index in [1.54, 1.807) is 0 Å². The van der Waals surface area contributed by atoms with Gasteiger partial charge in [0.15, 0.2) is 14.1 Å². The molecule has 0 unspecified atom stereocenters. The number of hydrogen-bond donors (Lipinski definition) is 2. The molecule has 1 fully saturated rings. The number of unbranched alkanes of at least 4 members (excludes halogenated alkanes) is 7. The highest BCUT2D eigenvalue weighted by Gasteiger charge is 2.48.